The Bertz CT molecular complexity index is 471. The van der Waals surface area contributed by atoms with Crippen LogP contribution in [0.25, 0.3) is 0 Å². The van der Waals surface area contributed by atoms with Crippen LogP contribution < -0.4 is 0 Å². The number of ether oxygens (including phenoxy) is 1. The molecule has 4 nitrogen and oxygen atoms in total. The average molecular weight is 294 g/mol. The number of allylic oxidation sites excluding steroid dienone is 1. The van der Waals surface area contributed by atoms with Gasteiger partial charge in [-0.25, -0.2) is 0 Å². The molecule has 21 heavy (non-hydrogen) atoms. The lowest BCUT2D eigenvalue weighted by atomic mass is 9.65. The van der Waals surface area contributed by atoms with Crippen LogP contribution in [0.5, 0.6) is 0 Å². The Morgan fingerprint density at radius 2 is 2.00 bits per heavy atom. The maximum absolute atomic E-state index is 11.1. The molecule has 0 aromatic heterocycles. The number of esters is 1. The SMILES string of the molecule is CC(=O)O[C@H]1CC(C)(C)C(=C=C/C(C)=C/CO)[C@](C)(O)C1. The van der Waals surface area contributed by atoms with Crippen molar-refractivity contribution in [3.05, 3.63) is 29.0 Å². The fourth-order valence-electron chi connectivity index (χ4n) is 3.08. The summed E-state index contributed by atoms with van der Waals surface area (Å²) in [5.41, 5.74) is 3.47. The monoisotopic (exact) mass is 294 g/mol. The van der Waals surface area contributed by atoms with E-state index in [0.29, 0.717) is 12.8 Å². The van der Waals surface area contributed by atoms with E-state index in [2.05, 4.69) is 5.73 Å². The number of hydrogen-bond donors (Lipinski definition) is 2. The van der Waals surface area contributed by atoms with Gasteiger partial charge in [0.25, 0.3) is 0 Å². The van der Waals surface area contributed by atoms with Crippen molar-refractivity contribution in [3.63, 3.8) is 0 Å². The number of carbonyl (C=O) groups is 1. The molecule has 2 N–H and O–H groups in total. The molecule has 118 valence electrons. The lowest BCUT2D eigenvalue weighted by molar-refractivity contribution is -0.152. The summed E-state index contributed by atoms with van der Waals surface area (Å²) in [5.74, 6) is -0.323. The third kappa shape index (κ3) is 4.85. The predicted octanol–water partition coefficient (Wildman–Crippen LogP) is 2.51. The molecule has 1 rings (SSSR count). The second-order valence-corrected chi connectivity index (χ2v) is 6.59. The molecule has 0 heterocycles. The largest absolute Gasteiger partial charge is 0.462 e. The van der Waals surface area contributed by atoms with Gasteiger partial charge in [0.05, 0.1) is 12.2 Å². The number of hydrogen-bond acceptors (Lipinski definition) is 4. The maximum Gasteiger partial charge on any atom is 0.302 e. The van der Waals surface area contributed by atoms with E-state index in [1.807, 2.05) is 20.8 Å². The molecule has 0 unspecified atom stereocenters. The Balaban J connectivity index is 3.13. The highest BCUT2D eigenvalue weighted by Crippen LogP contribution is 2.46. The maximum atomic E-state index is 11.1. The van der Waals surface area contributed by atoms with E-state index < -0.39 is 5.60 Å². The molecule has 1 saturated carbocycles. The second-order valence-electron chi connectivity index (χ2n) is 6.59. The van der Waals surface area contributed by atoms with Gasteiger partial charge in [-0.1, -0.05) is 19.9 Å². The first kappa shape index (κ1) is 17.7. The Morgan fingerprint density at radius 3 is 2.48 bits per heavy atom. The number of aliphatic hydroxyl groups excluding tert-OH is 1. The highest BCUT2D eigenvalue weighted by Gasteiger charge is 2.46. The zero-order valence-electron chi connectivity index (χ0n) is 13.6. The summed E-state index contributed by atoms with van der Waals surface area (Å²) in [4.78, 5) is 11.1. The van der Waals surface area contributed by atoms with E-state index in [0.717, 1.165) is 11.1 Å². The zero-order chi connectivity index (χ0) is 16.3. The summed E-state index contributed by atoms with van der Waals surface area (Å²) >= 11 is 0. The Morgan fingerprint density at radius 1 is 1.38 bits per heavy atom. The number of rotatable bonds is 3. The van der Waals surface area contributed by atoms with E-state index in [-0.39, 0.29) is 24.1 Å². The molecule has 0 spiro atoms. The highest BCUT2D eigenvalue weighted by atomic mass is 16.5. The molecule has 0 aromatic carbocycles. The van der Waals surface area contributed by atoms with Gasteiger partial charge in [-0.15, -0.1) is 5.73 Å². The molecule has 2 atom stereocenters. The Kier molecular flexibility index (Phi) is 5.57. The van der Waals surface area contributed by atoms with E-state index in [1.165, 1.54) is 6.92 Å². The van der Waals surface area contributed by atoms with Gasteiger partial charge in [0.2, 0.25) is 0 Å². The smallest absolute Gasteiger partial charge is 0.302 e. The molecule has 1 fully saturated rings. The third-order valence-corrected chi connectivity index (χ3v) is 3.77. The molecule has 1 aliphatic carbocycles. The average Bonchev–Trinajstić information content (AvgIpc) is 2.24. The normalized spacial score (nSPS) is 28.8. The zero-order valence-corrected chi connectivity index (χ0v) is 13.6. The minimum atomic E-state index is -1.07. The molecule has 0 amide bonds. The van der Waals surface area contributed by atoms with Crippen LogP contribution in [-0.2, 0) is 9.53 Å². The van der Waals surface area contributed by atoms with Gasteiger partial charge < -0.3 is 14.9 Å². The first-order valence-corrected chi connectivity index (χ1v) is 7.23. The quantitative estimate of drug-likeness (QED) is 0.477. The lowest BCUT2D eigenvalue weighted by Gasteiger charge is -2.44. The molecule has 0 aliphatic heterocycles. The van der Waals surface area contributed by atoms with E-state index in [1.54, 1.807) is 19.1 Å². The summed E-state index contributed by atoms with van der Waals surface area (Å²) in [7, 11) is 0. The van der Waals surface area contributed by atoms with Crippen LogP contribution in [0.3, 0.4) is 0 Å². The summed E-state index contributed by atoms with van der Waals surface area (Å²) < 4.78 is 5.28. The van der Waals surface area contributed by atoms with E-state index in [9.17, 15) is 9.90 Å². The van der Waals surface area contributed by atoms with Crippen LogP contribution in [0, 0.1) is 5.41 Å². The van der Waals surface area contributed by atoms with Gasteiger partial charge in [-0.05, 0) is 37.3 Å². The van der Waals surface area contributed by atoms with Crippen LogP contribution in [-0.4, -0.2) is 34.5 Å². The van der Waals surface area contributed by atoms with Crippen LogP contribution in [0.1, 0.15) is 47.5 Å². The number of aliphatic hydroxyl groups is 2. The van der Waals surface area contributed by atoms with Crippen LogP contribution >= 0.6 is 0 Å². The summed E-state index contributed by atoms with van der Waals surface area (Å²) in [6.07, 6.45) is 4.19. The molecular formula is C17H26O4. The first-order chi connectivity index (χ1) is 9.58. The van der Waals surface area contributed by atoms with Crippen LogP contribution in [0.15, 0.2) is 29.0 Å². The second kappa shape index (κ2) is 6.61. The standard InChI is InChI=1S/C17H26O4/c1-12(8-9-18)6-7-15-16(3,4)10-14(21-13(2)19)11-17(15,5)20/h6,8,14,18,20H,9-11H2,1-5H3/b12-8+/t7?,14-,17+/m0/s1. The Hall–Kier alpha value is -1.35. The fourth-order valence-corrected chi connectivity index (χ4v) is 3.08. The first-order valence-electron chi connectivity index (χ1n) is 7.23. The predicted molar refractivity (Wildman–Crippen MR) is 81.6 cm³/mol. The van der Waals surface area contributed by atoms with Crippen molar-refractivity contribution in [2.75, 3.05) is 6.61 Å². The summed E-state index contributed by atoms with van der Waals surface area (Å²) in [6, 6.07) is 0. The van der Waals surface area contributed by atoms with E-state index >= 15 is 0 Å². The van der Waals surface area contributed by atoms with Gasteiger partial charge in [0, 0.05) is 18.9 Å². The lowest BCUT2D eigenvalue weighted by Crippen LogP contribution is -2.46. The van der Waals surface area contributed by atoms with Gasteiger partial charge in [-0.2, -0.15) is 0 Å². The van der Waals surface area contributed by atoms with Crippen molar-refractivity contribution in [3.8, 4) is 0 Å². The van der Waals surface area contributed by atoms with Crippen LogP contribution in [0.2, 0.25) is 0 Å². The van der Waals surface area contributed by atoms with E-state index in [4.69, 9.17) is 9.84 Å². The Labute approximate surface area is 126 Å². The van der Waals surface area contributed by atoms with Crippen molar-refractivity contribution in [1.29, 1.82) is 0 Å². The topological polar surface area (TPSA) is 66.8 Å². The summed E-state index contributed by atoms with van der Waals surface area (Å²) in [5, 5.41) is 19.6. The molecule has 4 heteroatoms. The molecule has 0 aromatic rings. The fraction of sp³-hybridized carbons (Fsp3) is 0.647. The molecule has 0 bridgehead atoms. The summed E-state index contributed by atoms with van der Waals surface area (Å²) in [6.45, 7) is 8.99. The number of carbonyl (C=O) groups excluding carboxylic acids is 1. The van der Waals surface area contributed by atoms with Gasteiger partial charge in [-0.3, -0.25) is 4.79 Å². The third-order valence-electron chi connectivity index (χ3n) is 3.77. The minimum Gasteiger partial charge on any atom is -0.462 e. The highest BCUT2D eigenvalue weighted by molar-refractivity contribution is 5.66. The molecular weight excluding hydrogens is 268 g/mol. The minimum absolute atomic E-state index is 0.0202. The van der Waals surface area contributed by atoms with Crippen molar-refractivity contribution in [2.24, 2.45) is 5.41 Å². The molecule has 1 aliphatic rings. The van der Waals surface area contributed by atoms with Crippen molar-refractivity contribution in [1.82, 2.24) is 0 Å². The van der Waals surface area contributed by atoms with Crippen molar-refractivity contribution < 1.29 is 19.7 Å². The van der Waals surface area contributed by atoms with Crippen LogP contribution in [0.4, 0.5) is 0 Å². The van der Waals surface area contributed by atoms with Gasteiger partial charge >= 0.3 is 5.97 Å². The van der Waals surface area contributed by atoms with Gasteiger partial charge in [0.1, 0.15) is 6.10 Å². The molecule has 0 radical (unpaired) electrons. The van der Waals surface area contributed by atoms with Crippen molar-refractivity contribution >= 4 is 5.97 Å². The van der Waals surface area contributed by atoms with Gasteiger partial charge in [0.15, 0.2) is 0 Å². The molecule has 0 saturated heterocycles. The van der Waals surface area contributed by atoms with Crippen molar-refractivity contribution in [2.45, 2.75) is 59.2 Å².